The third kappa shape index (κ3) is 5.33. The number of nitrogens with one attached hydrogen (secondary N) is 1. The summed E-state index contributed by atoms with van der Waals surface area (Å²) in [6, 6.07) is 13.5. The Morgan fingerprint density at radius 2 is 1.80 bits per heavy atom. The summed E-state index contributed by atoms with van der Waals surface area (Å²) in [5.74, 6) is 0.555. The highest BCUT2D eigenvalue weighted by Gasteiger charge is 2.29. The van der Waals surface area contributed by atoms with Crippen LogP contribution in [0.1, 0.15) is 37.7 Å². The predicted molar refractivity (Wildman–Crippen MR) is 118 cm³/mol. The first kappa shape index (κ1) is 22.2. The van der Waals surface area contributed by atoms with Crippen LogP contribution in [0.3, 0.4) is 0 Å². The molecule has 2 aromatic rings. The zero-order chi connectivity index (χ0) is 21.6. The first-order valence-electron chi connectivity index (χ1n) is 10.4. The smallest absolute Gasteiger partial charge is 0.264 e. The van der Waals surface area contributed by atoms with E-state index in [2.05, 4.69) is 5.32 Å². The molecule has 0 aromatic heterocycles. The van der Waals surface area contributed by atoms with E-state index in [4.69, 9.17) is 4.74 Å². The lowest BCUT2D eigenvalue weighted by Crippen LogP contribution is -2.42. The highest BCUT2D eigenvalue weighted by molar-refractivity contribution is 7.92. The number of ether oxygens (including phenoxy) is 1. The Labute approximate surface area is 179 Å². The minimum Gasteiger partial charge on any atom is -0.495 e. The van der Waals surface area contributed by atoms with Crippen LogP contribution in [0.15, 0.2) is 53.4 Å². The summed E-state index contributed by atoms with van der Waals surface area (Å²) in [6.45, 7) is 2.16. The number of carbonyl (C=O) groups excluding carboxylic acids is 1. The number of methoxy groups -OCH3 is 1. The molecule has 7 heteroatoms. The molecule has 1 saturated carbocycles. The molecular formula is C23H30N2O4S. The minimum absolute atomic E-state index is 0.133. The molecule has 1 fully saturated rings. The Morgan fingerprint density at radius 1 is 1.10 bits per heavy atom. The largest absolute Gasteiger partial charge is 0.495 e. The second-order valence-electron chi connectivity index (χ2n) is 7.81. The van der Waals surface area contributed by atoms with Crippen molar-refractivity contribution in [3.8, 4) is 5.75 Å². The number of benzene rings is 2. The molecule has 0 bridgehead atoms. The fourth-order valence-corrected chi connectivity index (χ4v) is 5.29. The highest BCUT2D eigenvalue weighted by Crippen LogP contribution is 2.33. The standard InChI is InChI=1S/C23H30N2O4S/c1-18-13-14-22(29-2)21(15-18)25(30(27,28)20-11-7-4-8-12-20)17-23(26)24-16-19-9-5-3-6-10-19/h4,7-8,11-15,19H,3,5-6,9-10,16-17H2,1-2H3,(H,24,26). The van der Waals surface area contributed by atoms with Gasteiger partial charge < -0.3 is 10.1 Å². The number of amides is 1. The molecule has 3 rings (SSSR count). The fraction of sp³-hybridized carbons (Fsp3) is 0.435. The van der Waals surface area contributed by atoms with Gasteiger partial charge in [0.2, 0.25) is 5.91 Å². The van der Waals surface area contributed by atoms with Crippen molar-refractivity contribution in [1.29, 1.82) is 0 Å². The number of rotatable bonds is 8. The quantitative estimate of drug-likeness (QED) is 0.689. The lowest BCUT2D eigenvalue weighted by molar-refractivity contribution is -0.119. The number of sulfonamides is 1. The normalized spacial score (nSPS) is 14.9. The summed E-state index contributed by atoms with van der Waals surface area (Å²) in [7, 11) is -2.46. The third-order valence-electron chi connectivity index (χ3n) is 5.53. The van der Waals surface area contributed by atoms with Gasteiger partial charge in [-0.1, -0.05) is 43.5 Å². The molecule has 1 N–H and O–H groups in total. The maximum Gasteiger partial charge on any atom is 0.264 e. The van der Waals surface area contributed by atoms with Gasteiger partial charge in [0.1, 0.15) is 12.3 Å². The Kier molecular flexibility index (Phi) is 7.37. The van der Waals surface area contributed by atoms with E-state index in [-0.39, 0.29) is 17.3 Å². The molecule has 162 valence electrons. The Hall–Kier alpha value is -2.54. The third-order valence-corrected chi connectivity index (χ3v) is 7.31. The van der Waals surface area contributed by atoms with Gasteiger partial charge in [0.25, 0.3) is 10.0 Å². The molecule has 30 heavy (non-hydrogen) atoms. The number of hydrogen-bond donors (Lipinski definition) is 1. The van der Waals surface area contributed by atoms with E-state index in [1.165, 1.54) is 38.5 Å². The van der Waals surface area contributed by atoms with Crippen LogP contribution in [0.2, 0.25) is 0 Å². The maximum absolute atomic E-state index is 13.4. The van der Waals surface area contributed by atoms with Gasteiger partial charge in [-0.2, -0.15) is 0 Å². The molecule has 0 spiro atoms. The van der Waals surface area contributed by atoms with Crippen molar-refractivity contribution in [1.82, 2.24) is 5.32 Å². The van der Waals surface area contributed by atoms with E-state index in [1.54, 1.807) is 30.3 Å². The van der Waals surface area contributed by atoms with Gasteiger partial charge in [-0.25, -0.2) is 8.42 Å². The first-order valence-corrected chi connectivity index (χ1v) is 11.8. The van der Waals surface area contributed by atoms with E-state index in [1.807, 2.05) is 13.0 Å². The molecule has 0 saturated heterocycles. The number of hydrogen-bond acceptors (Lipinski definition) is 4. The van der Waals surface area contributed by atoms with Crippen LogP contribution in [-0.2, 0) is 14.8 Å². The average Bonchev–Trinajstić information content (AvgIpc) is 2.77. The van der Waals surface area contributed by atoms with Crippen molar-refractivity contribution in [2.75, 3.05) is 24.5 Å². The van der Waals surface area contributed by atoms with Crippen molar-refractivity contribution in [3.05, 3.63) is 54.1 Å². The Balaban J connectivity index is 1.88. The van der Waals surface area contributed by atoms with Gasteiger partial charge in [-0.3, -0.25) is 9.10 Å². The summed E-state index contributed by atoms with van der Waals surface area (Å²) in [5.41, 5.74) is 1.23. The molecule has 2 aromatic carbocycles. The molecule has 0 atom stereocenters. The Bertz CT molecular complexity index is 954. The van der Waals surface area contributed by atoms with Gasteiger partial charge in [0.15, 0.2) is 0 Å². The van der Waals surface area contributed by atoms with Gasteiger partial charge in [0, 0.05) is 6.54 Å². The maximum atomic E-state index is 13.4. The van der Waals surface area contributed by atoms with Crippen molar-refractivity contribution in [2.24, 2.45) is 5.92 Å². The van der Waals surface area contributed by atoms with Crippen LogP contribution in [0.4, 0.5) is 5.69 Å². The number of carbonyl (C=O) groups is 1. The van der Waals surface area contributed by atoms with Crippen molar-refractivity contribution < 1.29 is 17.9 Å². The molecule has 0 aliphatic heterocycles. The fourth-order valence-electron chi connectivity index (χ4n) is 3.85. The highest BCUT2D eigenvalue weighted by atomic mass is 32.2. The van der Waals surface area contributed by atoms with E-state index < -0.39 is 10.0 Å². The number of aryl methyl sites for hydroxylation is 1. The summed E-state index contributed by atoms with van der Waals surface area (Å²) in [4.78, 5) is 12.9. The van der Waals surface area contributed by atoms with E-state index in [9.17, 15) is 13.2 Å². The SMILES string of the molecule is COc1ccc(C)cc1N(CC(=O)NCC1CCCCC1)S(=O)(=O)c1ccccc1. The van der Waals surface area contributed by atoms with Crippen LogP contribution in [-0.4, -0.2) is 34.5 Å². The van der Waals surface area contributed by atoms with Gasteiger partial charge >= 0.3 is 0 Å². The van der Waals surface area contributed by atoms with Crippen LogP contribution < -0.4 is 14.4 Å². The summed E-state index contributed by atoms with van der Waals surface area (Å²) in [6.07, 6.45) is 5.85. The van der Waals surface area contributed by atoms with E-state index >= 15 is 0 Å². The van der Waals surface area contributed by atoms with Crippen LogP contribution in [0, 0.1) is 12.8 Å². The van der Waals surface area contributed by atoms with Gasteiger partial charge in [-0.15, -0.1) is 0 Å². The number of nitrogens with zero attached hydrogens (tertiary/aromatic N) is 1. The lowest BCUT2D eigenvalue weighted by Gasteiger charge is -2.27. The van der Waals surface area contributed by atoms with Gasteiger partial charge in [-0.05, 0) is 55.5 Å². The topological polar surface area (TPSA) is 75.7 Å². The van der Waals surface area contributed by atoms with E-state index in [0.717, 1.165) is 22.7 Å². The second kappa shape index (κ2) is 9.98. The second-order valence-corrected chi connectivity index (χ2v) is 9.67. The van der Waals surface area contributed by atoms with Crippen LogP contribution >= 0.6 is 0 Å². The summed E-state index contributed by atoms with van der Waals surface area (Å²) < 4.78 is 33.4. The number of anilines is 1. The molecule has 6 nitrogen and oxygen atoms in total. The van der Waals surface area contributed by atoms with Crippen LogP contribution in [0.25, 0.3) is 0 Å². The molecule has 0 heterocycles. The monoisotopic (exact) mass is 430 g/mol. The zero-order valence-electron chi connectivity index (χ0n) is 17.6. The van der Waals surface area contributed by atoms with E-state index in [0.29, 0.717) is 23.9 Å². The molecule has 1 aliphatic carbocycles. The summed E-state index contributed by atoms with van der Waals surface area (Å²) >= 11 is 0. The molecule has 1 amide bonds. The predicted octanol–water partition coefficient (Wildman–Crippen LogP) is 3.90. The Morgan fingerprint density at radius 3 is 2.47 bits per heavy atom. The molecule has 0 radical (unpaired) electrons. The molecule has 0 unspecified atom stereocenters. The van der Waals surface area contributed by atoms with Crippen molar-refractivity contribution >= 4 is 21.6 Å². The average molecular weight is 431 g/mol. The molecule has 1 aliphatic rings. The lowest BCUT2D eigenvalue weighted by atomic mass is 9.89. The minimum atomic E-state index is -3.95. The zero-order valence-corrected chi connectivity index (χ0v) is 18.5. The molecular weight excluding hydrogens is 400 g/mol. The van der Waals surface area contributed by atoms with Crippen molar-refractivity contribution in [2.45, 2.75) is 43.9 Å². The van der Waals surface area contributed by atoms with Crippen LogP contribution in [0.5, 0.6) is 5.75 Å². The van der Waals surface area contributed by atoms with Gasteiger partial charge in [0.05, 0.1) is 17.7 Å². The van der Waals surface area contributed by atoms with Crippen molar-refractivity contribution in [3.63, 3.8) is 0 Å². The first-order chi connectivity index (χ1) is 14.4. The summed E-state index contributed by atoms with van der Waals surface area (Å²) in [5, 5.41) is 2.94.